The van der Waals surface area contributed by atoms with Crippen LogP contribution in [-0.2, 0) is 13.7 Å². The summed E-state index contributed by atoms with van der Waals surface area (Å²) in [5.74, 6) is 2.22. The van der Waals surface area contributed by atoms with Crippen LogP contribution in [0.25, 0.3) is 0 Å². The number of ether oxygens (including phenoxy) is 1. The Bertz CT molecular complexity index is 759. The van der Waals surface area contributed by atoms with E-state index in [9.17, 15) is 9.90 Å². The van der Waals surface area contributed by atoms with Gasteiger partial charge in [-0.3, -0.25) is 4.79 Å². The Morgan fingerprint density at radius 3 is 2.78 bits per heavy atom. The topological polar surface area (TPSA) is 106 Å². The van der Waals surface area contributed by atoms with E-state index in [1.165, 1.54) is 0 Å². The molecule has 0 bridgehead atoms. The number of carbonyl (C=O) groups is 1. The zero-order chi connectivity index (χ0) is 19.2. The number of rotatable bonds is 8. The van der Waals surface area contributed by atoms with Crippen LogP contribution in [0.2, 0.25) is 0 Å². The predicted molar refractivity (Wildman–Crippen MR) is 100 cm³/mol. The van der Waals surface area contributed by atoms with Crippen LogP contribution in [0.5, 0.6) is 5.75 Å². The van der Waals surface area contributed by atoms with Gasteiger partial charge in [0.05, 0.1) is 6.61 Å². The van der Waals surface area contributed by atoms with E-state index >= 15 is 0 Å². The lowest BCUT2D eigenvalue weighted by molar-refractivity contribution is 0.1000. The SMILES string of the molecule is Cn1c(CO)nnc1[C@@H]1CCCN(CCCOc2ccc(C(N)=O)cc2)C1. The van der Waals surface area contributed by atoms with Crippen LogP contribution in [0.4, 0.5) is 0 Å². The Morgan fingerprint density at radius 1 is 1.33 bits per heavy atom. The molecule has 8 heteroatoms. The van der Waals surface area contributed by atoms with Gasteiger partial charge in [-0.25, -0.2) is 0 Å². The molecule has 3 N–H and O–H groups in total. The number of carbonyl (C=O) groups excluding carboxylic acids is 1. The molecule has 1 saturated heterocycles. The summed E-state index contributed by atoms with van der Waals surface area (Å²) in [6.07, 6.45) is 3.14. The summed E-state index contributed by atoms with van der Waals surface area (Å²) in [4.78, 5) is 13.5. The van der Waals surface area contributed by atoms with Gasteiger partial charge in [-0.15, -0.1) is 10.2 Å². The van der Waals surface area contributed by atoms with Gasteiger partial charge in [-0.2, -0.15) is 0 Å². The standard InChI is InChI=1S/C19H27N5O3/c1-23-17(13-25)21-22-19(23)15-4-2-9-24(12-15)10-3-11-27-16-7-5-14(6-8-16)18(20)26/h5-8,15,25H,2-4,9-13H2,1H3,(H2,20,26)/t15-/m1/s1. The Morgan fingerprint density at radius 2 is 2.11 bits per heavy atom. The van der Waals surface area contributed by atoms with Gasteiger partial charge in [0.25, 0.3) is 0 Å². The molecule has 27 heavy (non-hydrogen) atoms. The molecular formula is C19H27N5O3. The molecule has 1 aliphatic rings. The highest BCUT2D eigenvalue weighted by molar-refractivity contribution is 5.92. The fourth-order valence-corrected chi connectivity index (χ4v) is 3.53. The van der Waals surface area contributed by atoms with E-state index in [2.05, 4.69) is 15.1 Å². The second-order valence-electron chi connectivity index (χ2n) is 6.92. The number of hydrogen-bond acceptors (Lipinski definition) is 6. The molecule has 1 atom stereocenters. The van der Waals surface area contributed by atoms with Crippen molar-refractivity contribution >= 4 is 5.91 Å². The highest BCUT2D eigenvalue weighted by atomic mass is 16.5. The summed E-state index contributed by atoms with van der Waals surface area (Å²) < 4.78 is 7.66. The van der Waals surface area contributed by atoms with E-state index in [1.54, 1.807) is 24.3 Å². The third kappa shape index (κ3) is 4.84. The molecule has 2 heterocycles. The van der Waals surface area contributed by atoms with Crippen LogP contribution in [0.1, 0.15) is 47.2 Å². The first-order valence-electron chi connectivity index (χ1n) is 9.32. The fourth-order valence-electron chi connectivity index (χ4n) is 3.53. The van der Waals surface area contributed by atoms with Crippen LogP contribution in [0, 0.1) is 0 Å². The normalized spacial score (nSPS) is 17.8. The number of aliphatic hydroxyl groups excluding tert-OH is 1. The average molecular weight is 373 g/mol. The van der Waals surface area contributed by atoms with Gasteiger partial charge in [-0.1, -0.05) is 0 Å². The smallest absolute Gasteiger partial charge is 0.248 e. The number of amides is 1. The van der Waals surface area contributed by atoms with Crippen molar-refractivity contribution in [1.29, 1.82) is 0 Å². The second kappa shape index (κ2) is 8.96. The summed E-state index contributed by atoms with van der Waals surface area (Å²) in [5, 5.41) is 17.6. The summed E-state index contributed by atoms with van der Waals surface area (Å²) >= 11 is 0. The van der Waals surface area contributed by atoms with Crippen molar-refractivity contribution in [3.63, 3.8) is 0 Å². The first kappa shape index (κ1) is 19.3. The summed E-state index contributed by atoms with van der Waals surface area (Å²) in [7, 11) is 1.91. The zero-order valence-electron chi connectivity index (χ0n) is 15.7. The summed E-state index contributed by atoms with van der Waals surface area (Å²) in [5.41, 5.74) is 5.71. The number of piperidine rings is 1. The van der Waals surface area contributed by atoms with Crippen molar-refractivity contribution in [2.24, 2.45) is 12.8 Å². The average Bonchev–Trinajstić information content (AvgIpc) is 3.06. The van der Waals surface area contributed by atoms with Crippen molar-refractivity contribution in [1.82, 2.24) is 19.7 Å². The molecule has 3 rings (SSSR count). The lowest BCUT2D eigenvalue weighted by Gasteiger charge is -2.32. The highest BCUT2D eigenvalue weighted by Gasteiger charge is 2.25. The number of nitrogens with zero attached hydrogens (tertiary/aromatic N) is 4. The van der Waals surface area contributed by atoms with Gasteiger partial charge in [0.1, 0.15) is 18.2 Å². The number of primary amides is 1. The van der Waals surface area contributed by atoms with Crippen LogP contribution < -0.4 is 10.5 Å². The van der Waals surface area contributed by atoms with Crippen LogP contribution in [0.15, 0.2) is 24.3 Å². The minimum Gasteiger partial charge on any atom is -0.494 e. The number of nitrogens with two attached hydrogens (primary N) is 1. The van der Waals surface area contributed by atoms with Crippen LogP contribution in [0.3, 0.4) is 0 Å². The maximum atomic E-state index is 11.1. The maximum Gasteiger partial charge on any atom is 0.248 e. The second-order valence-corrected chi connectivity index (χ2v) is 6.92. The summed E-state index contributed by atoms with van der Waals surface area (Å²) in [6.45, 7) is 3.52. The van der Waals surface area contributed by atoms with Gasteiger partial charge in [0.15, 0.2) is 5.82 Å². The molecule has 1 aliphatic heterocycles. The van der Waals surface area contributed by atoms with E-state index in [4.69, 9.17) is 10.5 Å². The van der Waals surface area contributed by atoms with Gasteiger partial charge in [0.2, 0.25) is 5.91 Å². The molecule has 146 valence electrons. The van der Waals surface area contributed by atoms with Crippen molar-refractivity contribution in [3.8, 4) is 5.75 Å². The maximum absolute atomic E-state index is 11.1. The molecule has 0 spiro atoms. The number of benzene rings is 1. The van der Waals surface area contributed by atoms with E-state index in [0.717, 1.165) is 50.5 Å². The molecule has 0 radical (unpaired) electrons. The van der Waals surface area contributed by atoms with Crippen molar-refractivity contribution in [2.45, 2.75) is 31.8 Å². The first-order valence-corrected chi connectivity index (χ1v) is 9.32. The molecule has 0 saturated carbocycles. The molecule has 0 unspecified atom stereocenters. The number of aromatic nitrogens is 3. The zero-order valence-corrected chi connectivity index (χ0v) is 15.7. The highest BCUT2D eigenvalue weighted by Crippen LogP contribution is 2.25. The Balaban J connectivity index is 1.44. The van der Waals surface area contributed by atoms with E-state index in [1.807, 2.05) is 11.6 Å². The molecule has 2 aromatic rings. The predicted octanol–water partition coefficient (Wildman–Crippen LogP) is 1.05. The van der Waals surface area contributed by atoms with Crippen molar-refractivity contribution in [2.75, 3.05) is 26.2 Å². The Kier molecular flexibility index (Phi) is 6.41. The molecule has 0 aliphatic carbocycles. The molecular weight excluding hydrogens is 346 g/mol. The van der Waals surface area contributed by atoms with Crippen molar-refractivity contribution in [3.05, 3.63) is 41.5 Å². The quantitative estimate of drug-likeness (QED) is 0.670. The fraction of sp³-hybridized carbons (Fsp3) is 0.526. The largest absolute Gasteiger partial charge is 0.494 e. The van der Waals surface area contributed by atoms with Crippen molar-refractivity contribution < 1.29 is 14.6 Å². The van der Waals surface area contributed by atoms with Gasteiger partial charge in [0, 0.05) is 31.6 Å². The van der Waals surface area contributed by atoms with E-state index < -0.39 is 5.91 Å². The van der Waals surface area contributed by atoms with Crippen LogP contribution in [-0.4, -0.2) is 56.9 Å². The third-order valence-corrected chi connectivity index (χ3v) is 5.04. The molecule has 1 fully saturated rings. The molecule has 1 amide bonds. The lowest BCUT2D eigenvalue weighted by Crippen LogP contribution is -2.36. The molecule has 1 aromatic heterocycles. The minimum absolute atomic E-state index is 0.0856. The monoisotopic (exact) mass is 373 g/mol. The van der Waals surface area contributed by atoms with E-state index in [0.29, 0.717) is 23.9 Å². The summed E-state index contributed by atoms with van der Waals surface area (Å²) in [6, 6.07) is 6.89. The Labute approximate surface area is 158 Å². The number of hydrogen-bond donors (Lipinski definition) is 2. The first-order chi connectivity index (χ1) is 13.1. The molecule has 8 nitrogen and oxygen atoms in total. The minimum atomic E-state index is -0.435. The van der Waals surface area contributed by atoms with Gasteiger partial charge < -0.3 is 25.0 Å². The third-order valence-electron chi connectivity index (χ3n) is 5.04. The molecule has 1 aromatic carbocycles. The van der Waals surface area contributed by atoms with Gasteiger partial charge in [-0.05, 0) is 50.1 Å². The number of aliphatic hydroxyl groups is 1. The van der Waals surface area contributed by atoms with E-state index in [-0.39, 0.29) is 6.61 Å². The number of likely N-dealkylation sites (tertiary alicyclic amines) is 1. The lowest BCUT2D eigenvalue weighted by atomic mass is 9.97. The van der Waals surface area contributed by atoms with Crippen LogP contribution >= 0.6 is 0 Å². The Hall–Kier alpha value is -2.45. The van der Waals surface area contributed by atoms with Gasteiger partial charge >= 0.3 is 0 Å².